The minimum absolute atomic E-state index is 0.0203. The number of primary sulfonamides is 1. The van der Waals surface area contributed by atoms with Crippen LogP contribution in [0, 0.1) is 0 Å². The standard InChI is InChI=1S/C18H20F2N2O4S2/c19-18(20)9-7-13(8-10-18)15-16(23)22(17(24)27-15)11-1-2-12-3-5-14(6-4-12)28(21,25)26/h3-6H,1-2,7-11H2,(H2,21,25,26). The Balaban J connectivity index is 1.58. The number of halogens is 2. The van der Waals surface area contributed by atoms with Crippen LogP contribution in [0.1, 0.15) is 37.7 Å². The Kier molecular flexibility index (Phi) is 5.92. The molecule has 0 bridgehead atoms. The molecule has 1 aromatic carbocycles. The van der Waals surface area contributed by atoms with Gasteiger partial charge in [0.15, 0.2) is 0 Å². The summed E-state index contributed by atoms with van der Waals surface area (Å²) >= 11 is 0.831. The number of rotatable bonds is 5. The first-order valence-electron chi connectivity index (χ1n) is 8.82. The van der Waals surface area contributed by atoms with Gasteiger partial charge >= 0.3 is 0 Å². The van der Waals surface area contributed by atoms with Crippen molar-refractivity contribution in [2.75, 3.05) is 6.54 Å². The van der Waals surface area contributed by atoms with E-state index in [0.29, 0.717) is 23.3 Å². The minimum atomic E-state index is -3.74. The Morgan fingerprint density at radius 3 is 2.29 bits per heavy atom. The zero-order chi connectivity index (χ0) is 20.5. The molecule has 0 spiro atoms. The number of imide groups is 1. The van der Waals surface area contributed by atoms with E-state index < -0.39 is 21.9 Å². The highest BCUT2D eigenvalue weighted by Gasteiger charge is 2.40. The minimum Gasteiger partial charge on any atom is -0.268 e. The van der Waals surface area contributed by atoms with Gasteiger partial charge in [0, 0.05) is 19.4 Å². The number of sulfonamides is 1. The average molecular weight is 430 g/mol. The summed E-state index contributed by atoms with van der Waals surface area (Å²) in [6, 6.07) is 6.09. The first-order chi connectivity index (χ1) is 13.1. The van der Waals surface area contributed by atoms with E-state index in [9.17, 15) is 26.8 Å². The molecule has 0 aromatic heterocycles. The number of aryl methyl sites for hydroxylation is 1. The largest absolute Gasteiger partial charge is 0.293 e. The van der Waals surface area contributed by atoms with Gasteiger partial charge in [-0.15, -0.1) is 0 Å². The van der Waals surface area contributed by atoms with Crippen LogP contribution in [0.25, 0.3) is 0 Å². The molecule has 3 rings (SSSR count). The molecule has 6 nitrogen and oxygen atoms in total. The zero-order valence-electron chi connectivity index (χ0n) is 15.0. The van der Waals surface area contributed by atoms with Gasteiger partial charge in [0.2, 0.25) is 15.9 Å². The molecule has 2 N–H and O–H groups in total. The third-order valence-electron chi connectivity index (χ3n) is 4.85. The fourth-order valence-corrected chi connectivity index (χ4v) is 4.76. The predicted molar refractivity (Wildman–Crippen MR) is 101 cm³/mol. The summed E-state index contributed by atoms with van der Waals surface area (Å²) in [5, 5.41) is 4.67. The van der Waals surface area contributed by atoms with Gasteiger partial charge in [-0.05, 0) is 55.1 Å². The first kappa shape index (κ1) is 20.9. The van der Waals surface area contributed by atoms with Crippen LogP contribution < -0.4 is 5.14 Å². The van der Waals surface area contributed by atoms with Crippen molar-refractivity contribution in [3.05, 3.63) is 40.3 Å². The molecule has 28 heavy (non-hydrogen) atoms. The number of amides is 2. The van der Waals surface area contributed by atoms with Gasteiger partial charge in [-0.2, -0.15) is 0 Å². The molecular formula is C18H20F2N2O4S2. The second-order valence-electron chi connectivity index (χ2n) is 6.91. The summed E-state index contributed by atoms with van der Waals surface area (Å²) in [6.07, 6.45) is 0.750. The molecule has 2 amide bonds. The lowest BCUT2D eigenvalue weighted by Crippen LogP contribution is -2.30. The van der Waals surface area contributed by atoms with Gasteiger partial charge < -0.3 is 0 Å². The van der Waals surface area contributed by atoms with Crippen LogP contribution in [0.2, 0.25) is 0 Å². The summed E-state index contributed by atoms with van der Waals surface area (Å²) in [6.45, 7) is 0.217. The second kappa shape index (κ2) is 7.92. The normalized spacial score (nSPS) is 20.2. The first-order valence-corrected chi connectivity index (χ1v) is 11.2. The van der Waals surface area contributed by atoms with E-state index in [4.69, 9.17) is 5.14 Å². The molecule has 1 saturated carbocycles. The highest BCUT2D eigenvalue weighted by molar-refractivity contribution is 8.18. The Morgan fingerprint density at radius 1 is 1.11 bits per heavy atom. The maximum atomic E-state index is 13.3. The van der Waals surface area contributed by atoms with E-state index in [1.165, 1.54) is 12.1 Å². The number of carbonyl (C=O) groups excluding carboxylic acids is 2. The Bertz CT molecular complexity index is 915. The molecule has 2 fully saturated rings. The zero-order valence-corrected chi connectivity index (χ0v) is 16.6. The molecule has 1 saturated heterocycles. The summed E-state index contributed by atoms with van der Waals surface area (Å²) < 4.78 is 49.1. The fourth-order valence-electron chi connectivity index (χ4n) is 3.24. The number of alkyl halides is 2. The highest BCUT2D eigenvalue weighted by Crippen LogP contribution is 2.42. The molecule has 10 heteroatoms. The van der Waals surface area contributed by atoms with E-state index in [1.54, 1.807) is 12.1 Å². The molecule has 2 aliphatic rings. The van der Waals surface area contributed by atoms with Crippen molar-refractivity contribution in [2.45, 2.75) is 49.3 Å². The lowest BCUT2D eigenvalue weighted by atomic mass is 9.91. The maximum absolute atomic E-state index is 13.3. The van der Waals surface area contributed by atoms with Gasteiger partial charge in [0.25, 0.3) is 11.1 Å². The van der Waals surface area contributed by atoms with E-state index >= 15 is 0 Å². The SMILES string of the molecule is NS(=O)(=O)c1ccc(CCCN2C(=O)SC(=C3CCC(F)(F)CC3)C2=O)cc1. The average Bonchev–Trinajstić information content (AvgIpc) is 2.89. The Hall–Kier alpha value is -1.78. The number of benzene rings is 1. The number of hydrogen-bond acceptors (Lipinski definition) is 5. The third kappa shape index (κ3) is 4.79. The van der Waals surface area contributed by atoms with E-state index in [0.717, 1.165) is 22.2 Å². The Labute approximate surface area is 166 Å². The number of thioether (sulfide) groups is 1. The Morgan fingerprint density at radius 2 is 1.71 bits per heavy atom. The summed E-state index contributed by atoms with van der Waals surface area (Å²) in [5.41, 5.74) is 1.50. The van der Waals surface area contributed by atoms with E-state index in [-0.39, 0.29) is 42.4 Å². The van der Waals surface area contributed by atoms with Gasteiger partial charge in [-0.25, -0.2) is 22.3 Å². The molecule has 0 radical (unpaired) electrons. The third-order valence-corrected chi connectivity index (χ3v) is 6.85. The highest BCUT2D eigenvalue weighted by atomic mass is 32.2. The van der Waals surface area contributed by atoms with Gasteiger partial charge in [-0.3, -0.25) is 14.5 Å². The summed E-state index contributed by atoms with van der Waals surface area (Å²) in [5.74, 6) is -3.10. The smallest absolute Gasteiger partial charge is 0.268 e. The lowest BCUT2D eigenvalue weighted by Gasteiger charge is -2.24. The molecule has 1 aliphatic carbocycles. The van der Waals surface area contributed by atoms with Crippen LogP contribution >= 0.6 is 11.8 Å². The molecule has 1 aromatic rings. The topological polar surface area (TPSA) is 97.5 Å². The van der Waals surface area contributed by atoms with Crippen LogP contribution in [-0.2, 0) is 21.2 Å². The van der Waals surface area contributed by atoms with Crippen molar-refractivity contribution in [2.24, 2.45) is 5.14 Å². The second-order valence-corrected chi connectivity index (χ2v) is 9.43. The van der Waals surface area contributed by atoms with Gasteiger partial charge in [-0.1, -0.05) is 17.7 Å². The molecular weight excluding hydrogens is 410 g/mol. The van der Waals surface area contributed by atoms with Crippen LogP contribution in [0.15, 0.2) is 39.6 Å². The molecule has 152 valence electrons. The number of carbonyl (C=O) groups is 2. The van der Waals surface area contributed by atoms with Gasteiger partial charge in [0.05, 0.1) is 9.80 Å². The number of allylic oxidation sites excluding steroid dienone is 1. The van der Waals surface area contributed by atoms with Crippen molar-refractivity contribution in [3.63, 3.8) is 0 Å². The van der Waals surface area contributed by atoms with Crippen molar-refractivity contribution < 1.29 is 26.8 Å². The quantitative estimate of drug-likeness (QED) is 0.722. The molecule has 1 heterocycles. The summed E-state index contributed by atoms with van der Waals surface area (Å²) in [4.78, 5) is 26.2. The van der Waals surface area contributed by atoms with Crippen molar-refractivity contribution in [1.82, 2.24) is 4.90 Å². The van der Waals surface area contributed by atoms with E-state index in [1.807, 2.05) is 0 Å². The molecule has 0 atom stereocenters. The number of nitrogens with two attached hydrogens (primary N) is 1. The molecule has 1 aliphatic heterocycles. The predicted octanol–water partition coefficient (Wildman–Crippen LogP) is 3.43. The van der Waals surface area contributed by atoms with Crippen LogP contribution in [0.4, 0.5) is 13.6 Å². The van der Waals surface area contributed by atoms with Gasteiger partial charge in [0.1, 0.15) is 0 Å². The maximum Gasteiger partial charge on any atom is 0.293 e. The van der Waals surface area contributed by atoms with Crippen molar-refractivity contribution in [3.8, 4) is 0 Å². The van der Waals surface area contributed by atoms with E-state index in [2.05, 4.69) is 0 Å². The molecule has 0 unspecified atom stereocenters. The van der Waals surface area contributed by atoms with Crippen LogP contribution in [0.5, 0.6) is 0 Å². The number of nitrogens with zero attached hydrogens (tertiary/aromatic N) is 1. The van der Waals surface area contributed by atoms with Crippen LogP contribution in [0.3, 0.4) is 0 Å². The monoisotopic (exact) mass is 430 g/mol. The fraction of sp³-hybridized carbons (Fsp3) is 0.444. The van der Waals surface area contributed by atoms with Crippen molar-refractivity contribution >= 4 is 32.9 Å². The number of hydrogen-bond donors (Lipinski definition) is 1. The van der Waals surface area contributed by atoms with Crippen LogP contribution in [-0.4, -0.2) is 36.9 Å². The lowest BCUT2D eigenvalue weighted by molar-refractivity contribution is -0.123. The van der Waals surface area contributed by atoms with Crippen molar-refractivity contribution in [1.29, 1.82) is 0 Å². The summed E-state index contributed by atoms with van der Waals surface area (Å²) in [7, 11) is -3.74.